The van der Waals surface area contributed by atoms with Crippen molar-refractivity contribution in [2.75, 3.05) is 32.4 Å². The molecule has 2 rings (SSSR count). The van der Waals surface area contributed by atoms with Gasteiger partial charge in [0.1, 0.15) is 11.5 Å². The maximum atomic E-state index is 12.3. The van der Waals surface area contributed by atoms with E-state index in [4.69, 9.17) is 5.73 Å². The maximum Gasteiger partial charge on any atom is 0.272 e. The number of carbonyl (C=O) groups excluding carboxylic acids is 1. The van der Waals surface area contributed by atoms with Crippen LogP contribution >= 0.6 is 0 Å². The lowest BCUT2D eigenvalue weighted by molar-refractivity contribution is 0.0536. The molecule has 1 amide bonds. The summed E-state index contributed by atoms with van der Waals surface area (Å²) in [5, 5.41) is 0. The molecule has 1 aliphatic heterocycles. The Kier molecular flexibility index (Phi) is 3.81. The molecule has 1 saturated heterocycles. The molecule has 0 saturated carbocycles. The number of rotatable bonds is 2. The molecule has 0 radical (unpaired) electrons. The lowest BCUT2D eigenvalue weighted by atomic mass is 10.1. The van der Waals surface area contributed by atoms with Crippen LogP contribution in [0, 0.1) is 0 Å². The summed E-state index contributed by atoms with van der Waals surface area (Å²) in [6, 6.07) is 5.61. The standard InChI is InChI=1S/C13H20N4O/c1-3-10-9-17(8-7-16(10)2)13(18)11-5-4-6-12(14)15-11/h4-6,10H,3,7-9H2,1-2H3,(H2,14,15). The molecule has 2 N–H and O–H groups in total. The van der Waals surface area contributed by atoms with Crippen molar-refractivity contribution >= 4 is 11.7 Å². The highest BCUT2D eigenvalue weighted by molar-refractivity contribution is 5.92. The van der Waals surface area contributed by atoms with Gasteiger partial charge in [-0.15, -0.1) is 0 Å². The number of likely N-dealkylation sites (N-methyl/N-ethyl adjacent to an activating group) is 1. The number of nitrogens with zero attached hydrogens (tertiary/aromatic N) is 3. The summed E-state index contributed by atoms with van der Waals surface area (Å²) in [7, 11) is 2.11. The van der Waals surface area contributed by atoms with Gasteiger partial charge in [0, 0.05) is 25.7 Å². The van der Waals surface area contributed by atoms with Crippen LogP contribution < -0.4 is 5.73 Å². The average Bonchev–Trinajstić information content (AvgIpc) is 2.38. The Labute approximate surface area is 108 Å². The fraction of sp³-hybridized carbons (Fsp3) is 0.538. The van der Waals surface area contributed by atoms with Gasteiger partial charge in [-0.1, -0.05) is 13.0 Å². The summed E-state index contributed by atoms with van der Waals surface area (Å²) in [6.07, 6.45) is 1.05. The molecule has 5 heteroatoms. The minimum Gasteiger partial charge on any atom is -0.384 e. The predicted octanol–water partition coefficient (Wildman–Crippen LogP) is 0.830. The van der Waals surface area contributed by atoms with Crippen LogP contribution in [0.2, 0.25) is 0 Å². The second-order valence-corrected chi connectivity index (χ2v) is 4.74. The molecule has 0 aliphatic carbocycles. The number of aromatic nitrogens is 1. The van der Waals surface area contributed by atoms with E-state index in [0.717, 1.165) is 26.1 Å². The topological polar surface area (TPSA) is 62.5 Å². The molecule has 1 unspecified atom stereocenters. The third-order valence-corrected chi connectivity index (χ3v) is 3.53. The molecule has 1 aliphatic rings. The van der Waals surface area contributed by atoms with Crippen molar-refractivity contribution in [2.45, 2.75) is 19.4 Å². The second-order valence-electron chi connectivity index (χ2n) is 4.74. The van der Waals surface area contributed by atoms with E-state index in [1.54, 1.807) is 18.2 Å². The van der Waals surface area contributed by atoms with Crippen LogP contribution in [0.4, 0.5) is 5.82 Å². The Morgan fingerprint density at radius 2 is 2.28 bits per heavy atom. The summed E-state index contributed by atoms with van der Waals surface area (Å²) >= 11 is 0. The molecule has 0 aromatic carbocycles. The van der Waals surface area contributed by atoms with Gasteiger partial charge in [0.15, 0.2) is 0 Å². The van der Waals surface area contributed by atoms with Crippen LogP contribution in [0.1, 0.15) is 23.8 Å². The van der Waals surface area contributed by atoms with Gasteiger partial charge in [0.25, 0.3) is 5.91 Å². The number of carbonyl (C=O) groups is 1. The number of piperazine rings is 1. The fourth-order valence-corrected chi connectivity index (χ4v) is 2.30. The zero-order valence-electron chi connectivity index (χ0n) is 11.0. The van der Waals surface area contributed by atoms with Gasteiger partial charge < -0.3 is 10.6 Å². The van der Waals surface area contributed by atoms with Gasteiger partial charge in [-0.2, -0.15) is 0 Å². The number of amides is 1. The van der Waals surface area contributed by atoms with Gasteiger partial charge >= 0.3 is 0 Å². The van der Waals surface area contributed by atoms with Crippen molar-refractivity contribution in [1.29, 1.82) is 0 Å². The van der Waals surface area contributed by atoms with Crippen LogP contribution in [-0.2, 0) is 0 Å². The van der Waals surface area contributed by atoms with E-state index in [9.17, 15) is 4.79 Å². The molecule has 2 heterocycles. The monoisotopic (exact) mass is 248 g/mol. The number of nitrogens with two attached hydrogens (primary N) is 1. The smallest absolute Gasteiger partial charge is 0.272 e. The molecule has 1 fully saturated rings. The van der Waals surface area contributed by atoms with E-state index in [2.05, 4.69) is 23.9 Å². The summed E-state index contributed by atoms with van der Waals surface area (Å²) in [5.41, 5.74) is 6.05. The number of anilines is 1. The fourth-order valence-electron chi connectivity index (χ4n) is 2.30. The molecule has 1 atom stereocenters. The van der Waals surface area contributed by atoms with E-state index < -0.39 is 0 Å². The lowest BCUT2D eigenvalue weighted by Gasteiger charge is -2.38. The van der Waals surface area contributed by atoms with Crippen LogP contribution in [0.3, 0.4) is 0 Å². The third kappa shape index (κ3) is 2.61. The van der Waals surface area contributed by atoms with Crippen LogP contribution in [0.15, 0.2) is 18.2 Å². The highest BCUT2D eigenvalue weighted by Crippen LogP contribution is 2.13. The van der Waals surface area contributed by atoms with E-state index >= 15 is 0 Å². The van der Waals surface area contributed by atoms with Crippen molar-refractivity contribution in [1.82, 2.24) is 14.8 Å². The number of hydrogen-bond donors (Lipinski definition) is 1. The highest BCUT2D eigenvalue weighted by Gasteiger charge is 2.27. The van der Waals surface area contributed by atoms with E-state index in [1.165, 1.54) is 0 Å². The summed E-state index contributed by atoms with van der Waals surface area (Å²) in [5.74, 6) is 0.371. The molecule has 1 aromatic heterocycles. The Balaban J connectivity index is 2.10. The molecule has 98 valence electrons. The first-order valence-electron chi connectivity index (χ1n) is 6.34. The van der Waals surface area contributed by atoms with Crippen molar-refractivity contribution < 1.29 is 4.79 Å². The van der Waals surface area contributed by atoms with Crippen LogP contribution in [-0.4, -0.2) is 53.4 Å². The van der Waals surface area contributed by atoms with Gasteiger partial charge in [-0.3, -0.25) is 9.69 Å². The third-order valence-electron chi connectivity index (χ3n) is 3.53. The maximum absolute atomic E-state index is 12.3. The van der Waals surface area contributed by atoms with Gasteiger partial charge in [0.2, 0.25) is 0 Å². The summed E-state index contributed by atoms with van der Waals surface area (Å²) in [4.78, 5) is 20.6. The molecule has 1 aromatic rings. The Morgan fingerprint density at radius 3 is 2.94 bits per heavy atom. The molecular formula is C13H20N4O. The molecule has 0 bridgehead atoms. The number of pyridine rings is 1. The first kappa shape index (κ1) is 12.8. The SMILES string of the molecule is CCC1CN(C(=O)c2cccc(N)n2)CCN1C. The summed E-state index contributed by atoms with van der Waals surface area (Å²) in [6.45, 7) is 4.57. The van der Waals surface area contributed by atoms with Crippen molar-refractivity contribution in [3.63, 3.8) is 0 Å². The minimum atomic E-state index is -0.0196. The van der Waals surface area contributed by atoms with E-state index in [1.807, 2.05) is 4.90 Å². The molecule has 18 heavy (non-hydrogen) atoms. The van der Waals surface area contributed by atoms with Gasteiger partial charge in [-0.05, 0) is 25.6 Å². The molecule has 5 nitrogen and oxygen atoms in total. The van der Waals surface area contributed by atoms with E-state index in [0.29, 0.717) is 17.6 Å². The number of hydrogen-bond acceptors (Lipinski definition) is 4. The zero-order chi connectivity index (χ0) is 13.1. The largest absolute Gasteiger partial charge is 0.384 e. The molecular weight excluding hydrogens is 228 g/mol. The first-order valence-corrected chi connectivity index (χ1v) is 6.34. The Hall–Kier alpha value is -1.62. The Morgan fingerprint density at radius 1 is 1.50 bits per heavy atom. The Bertz CT molecular complexity index is 435. The average molecular weight is 248 g/mol. The van der Waals surface area contributed by atoms with Crippen molar-refractivity contribution in [2.24, 2.45) is 0 Å². The predicted molar refractivity (Wildman–Crippen MR) is 71.3 cm³/mol. The zero-order valence-corrected chi connectivity index (χ0v) is 11.0. The molecule has 0 spiro atoms. The lowest BCUT2D eigenvalue weighted by Crippen LogP contribution is -2.53. The van der Waals surface area contributed by atoms with Gasteiger partial charge in [-0.25, -0.2) is 4.98 Å². The van der Waals surface area contributed by atoms with E-state index in [-0.39, 0.29) is 5.91 Å². The highest BCUT2D eigenvalue weighted by atomic mass is 16.2. The quantitative estimate of drug-likeness (QED) is 0.842. The van der Waals surface area contributed by atoms with Crippen LogP contribution in [0.25, 0.3) is 0 Å². The van der Waals surface area contributed by atoms with Crippen LogP contribution in [0.5, 0.6) is 0 Å². The second kappa shape index (κ2) is 5.35. The first-order chi connectivity index (χ1) is 8.61. The minimum absolute atomic E-state index is 0.0196. The van der Waals surface area contributed by atoms with Gasteiger partial charge in [0.05, 0.1) is 0 Å². The normalized spacial score (nSPS) is 21.0. The summed E-state index contributed by atoms with van der Waals surface area (Å²) < 4.78 is 0. The van der Waals surface area contributed by atoms with Crippen molar-refractivity contribution in [3.8, 4) is 0 Å². The number of nitrogen functional groups attached to an aromatic ring is 1. The van der Waals surface area contributed by atoms with Crippen molar-refractivity contribution in [3.05, 3.63) is 23.9 Å².